The van der Waals surface area contributed by atoms with E-state index in [1.807, 2.05) is 73.7 Å². The number of aryl methyl sites for hydroxylation is 1. The predicted molar refractivity (Wildman–Crippen MR) is 139 cm³/mol. The Labute approximate surface area is 211 Å². The molecule has 3 aromatic rings. The van der Waals surface area contributed by atoms with Crippen LogP contribution in [-0.2, 0) is 29.0 Å². The molecule has 0 heterocycles. The van der Waals surface area contributed by atoms with Gasteiger partial charge in [0, 0.05) is 36.0 Å². The van der Waals surface area contributed by atoms with E-state index in [-0.39, 0.29) is 18.4 Å². The van der Waals surface area contributed by atoms with Gasteiger partial charge in [-0.1, -0.05) is 96.9 Å². The van der Waals surface area contributed by atoms with Gasteiger partial charge in [-0.2, -0.15) is 0 Å². The van der Waals surface area contributed by atoms with Gasteiger partial charge in [0.25, 0.3) is 0 Å². The summed E-state index contributed by atoms with van der Waals surface area (Å²) in [6.45, 7) is 2.78. The van der Waals surface area contributed by atoms with Gasteiger partial charge in [0.1, 0.15) is 6.04 Å². The van der Waals surface area contributed by atoms with Crippen LogP contribution in [-0.4, -0.2) is 29.3 Å². The second kappa shape index (κ2) is 13.2. The summed E-state index contributed by atoms with van der Waals surface area (Å²) in [5.74, 6) is -0.258. The first-order valence-corrected chi connectivity index (χ1v) is 12.3. The molecule has 1 unspecified atom stereocenters. The van der Waals surface area contributed by atoms with E-state index in [9.17, 15) is 9.59 Å². The van der Waals surface area contributed by atoms with Crippen LogP contribution in [0.4, 0.5) is 0 Å². The molecule has 2 amide bonds. The van der Waals surface area contributed by atoms with Gasteiger partial charge >= 0.3 is 0 Å². The van der Waals surface area contributed by atoms with Crippen molar-refractivity contribution in [3.05, 3.63) is 106 Å². The Bertz CT molecular complexity index is 1070. The summed E-state index contributed by atoms with van der Waals surface area (Å²) >= 11 is 12.5. The maximum Gasteiger partial charge on any atom is 0.243 e. The average Bonchev–Trinajstić information content (AvgIpc) is 2.85. The molecule has 0 fully saturated rings. The van der Waals surface area contributed by atoms with Crippen LogP contribution in [0.1, 0.15) is 36.5 Å². The van der Waals surface area contributed by atoms with Crippen molar-refractivity contribution in [1.82, 2.24) is 10.2 Å². The van der Waals surface area contributed by atoms with Crippen LogP contribution in [0.5, 0.6) is 0 Å². The van der Waals surface area contributed by atoms with E-state index in [1.54, 1.807) is 17.0 Å². The zero-order chi connectivity index (χ0) is 24.3. The van der Waals surface area contributed by atoms with Crippen molar-refractivity contribution < 1.29 is 9.59 Å². The van der Waals surface area contributed by atoms with Crippen LogP contribution < -0.4 is 5.32 Å². The highest BCUT2D eigenvalue weighted by Crippen LogP contribution is 2.24. The Balaban J connectivity index is 1.91. The van der Waals surface area contributed by atoms with E-state index in [1.165, 1.54) is 0 Å². The van der Waals surface area contributed by atoms with Gasteiger partial charge in [-0.3, -0.25) is 9.59 Å². The molecule has 0 aliphatic heterocycles. The molecule has 0 saturated carbocycles. The molecule has 0 aromatic heterocycles. The Kier molecular flexibility index (Phi) is 9.99. The fraction of sp³-hybridized carbons (Fsp3) is 0.286. The molecule has 1 N–H and O–H groups in total. The Morgan fingerprint density at radius 3 is 2.18 bits per heavy atom. The predicted octanol–water partition coefficient (Wildman–Crippen LogP) is 6.09. The number of nitrogens with zero attached hydrogens (tertiary/aromatic N) is 1. The van der Waals surface area contributed by atoms with Crippen molar-refractivity contribution in [2.75, 3.05) is 6.54 Å². The van der Waals surface area contributed by atoms with Gasteiger partial charge in [-0.05, 0) is 41.7 Å². The molecule has 4 nitrogen and oxygen atoms in total. The summed E-state index contributed by atoms with van der Waals surface area (Å²) in [6.07, 6.45) is 2.12. The number of rotatable bonds is 11. The standard InChI is InChI=1S/C28H30Cl2N2O2/c1-2-17-31-28(34)26(18-22-11-7-4-8-12-22)32(20-23-14-15-24(29)19-25(23)30)27(33)16-13-21-9-5-3-6-10-21/h3-12,14-15,19,26H,2,13,16-18,20H2,1H3,(H,31,34). The van der Waals surface area contributed by atoms with Crippen molar-refractivity contribution in [3.63, 3.8) is 0 Å². The first kappa shape index (κ1) is 25.8. The Morgan fingerprint density at radius 1 is 0.912 bits per heavy atom. The number of hydrogen-bond donors (Lipinski definition) is 1. The Morgan fingerprint density at radius 2 is 1.56 bits per heavy atom. The summed E-state index contributed by atoms with van der Waals surface area (Å²) in [6, 6.07) is 24.2. The van der Waals surface area contributed by atoms with Gasteiger partial charge in [0.15, 0.2) is 0 Å². The van der Waals surface area contributed by atoms with Crippen molar-refractivity contribution in [1.29, 1.82) is 0 Å². The molecule has 0 saturated heterocycles. The molecule has 3 rings (SSSR count). The molecule has 3 aromatic carbocycles. The molecule has 0 bridgehead atoms. The Hall–Kier alpha value is -2.82. The molecular formula is C28H30Cl2N2O2. The molecule has 1 atom stereocenters. The van der Waals surface area contributed by atoms with Crippen LogP contribution in [0.2, 0.25) is 10.0 Å². The van der Waals surface area contributed by atoms with Crippen LogP contribution in [0.25, 0.3) is 0 Å². The highest BCUT2D eigenvalue weighted by molar-refractivity contribution is 6.35. The number of carbonyl (C=O) groups excluding carboxylic acids is 2. The number of nitrogens with one attached hydrogen (secondary N) is 1. The maximum absolute atomic E-state index is 13.6. The molecule has 0 aliphatic carbocycles. The lowest BCUT2D eigenvalue weighted by Gasteiger charge is -2.32. The topological polar surface area (TPSA) is 49.4 Å². The van der Waals surface area contributed by atoms with E-state index >= 15 is 0 Å². The lowest BCUT2D eigenvalue weighted by Crippen LogP contribution is -2.50. The monoisotopic (exact) mass is 496 g/mol. The SMILES string of the molecule is CCCNC(=O)C(Cc1ccccc1)N(Cc1ccc(Cl)cc1Cl)C(=O)CCc1ccccc1. The van der Waals surface area contributed by atoms with Crippen molar-refractivity contribution >= 4 is 35.0 Å². The number of halogens is 2. The second-order valence-corrected chi connectivity index (χ2v) is 9.08. The van der Waals surface area contributed by atoms with Crippen LogP contribution in [0.15, 0.2) is 78.9 Å². The lowest BCUT2D eigenvalue weighted by atomic mass is 10.0. The van der Waals surface area contributed by atoms with Crippen molar-refractivity contribution in [2.24, 2.45) is 0 Å². The molecular weight excluding hydrogens is 467 g/mol. The number of benzene rings is 3. The van der Waals surface area contributed by atoms with Gasteiger partial charge in [-0.15, -0.1) is 0 Å². The maximum atomic E-state index is 13.6. The van der Waals surface area contributed by atoms with Gasteiger partial charge in [-0.25, -0.2) is 0 Å². The number of amides is 2. The molecule has 178 valence electrons. The summed E-state index contributed by atoms with van der Waals surface area (Å²) in [5, 5.41) is 3.98. The molecule has 0 aliphatic rings. The third kappa shape index (κ3) is 7.61. The van der Waals surface area contributed by atoms with E-state index in [0.717, 1.165) is 23.1 Å². The largest absolute Gasteiger partial charge is 0.354 e. The zero-order valence-electron chi connectivity index (χ0n) is 19.3. The smallest absolute Gasteiger partial charge is 0.243 e. The van der Waals surface area contributed by atoms with E-state index in [4.69, 9.17) is 23.2 Å². The minimum absolute atomic E-state index is 0.0950. The average molecular weight is 497 g/mol. The van der Waals surface area contributed by atoms with Gasteiger partial charge in [0.2, 0.25) is 11.8 Å². The van der Waals surface area contributed by atoms with Crippen LogP contribution >= 0.6 is 23.2 Å². The molecule has 34 heavy (non-hydrogen) atoms. The molecule has 0 radical (unpaired) electrons. The third-order valence-electron chi connectivity index (χ3n) is 5.65. The minimum atomic E-state index is -0.663. The number of carbonyl (C=O) groups is 2. The summed E-state index contributed by atoms with van der Waals surface area (Å²) in [5.41, 5.74) is 2.82. The summed E-state index contributed by atoms with van der Waals surface area (Å²) in [4.78, 5) is 28.5. The number of hydrogen-bond acceptors (Lipinski definition) is 2. The lowest BCUT2D eigenvalue weighted by molar-refractivity contribution is -0.141. The summed E-state index contributed by atoms with van der Waals surface area (Å²) < 4.78 is 0. The van der Waals surface area contributed by atoms with Gasteiger partial charge < -0.3 is 10.2 Å². The molecule has 6 heteroatoms. The quantitative estimate of drug-likeness (QED) is 0.349. The summed E-state index contributed by atoms with van der Waals surface area (Å²) in [7, 11) is 0. The first-order valence-electron chi connectivity index (χ1n) is 11.6. The van der Waals surface area contributed by atoms with Crippen molar-refractivity contribution in [3.8, 4) is 0 Å². The van der Waals surface area contributed by atoms with E-state index in [2.05, 4.69) is 5.32 Å². The first-order chi connectivity index (χ1) is 16.5. The fourth-order valence-corrected chi connectivity index (χ4v) is 4.26. The highest BCUT2D eigenvalue weighted by atomic mass is 35.5. The third-order valence-corrected chi connectivity index (χ3v) is 6.23. The zero-order valence-corrected chi connectivity index (χ0v) is 20.9. The molecule has 0 spiro atoms. The van der Waals surface area contributed by atoms with Crippen molar-refractivity contribution in [2.45, 2.75) is 45.2 Å². The second-order valence-electron chi connectivity index (χ2n) is 8.24. The highest BCUT2D eigenvalue weighted by Gasteiger charge is 2.30. The van der Waals surface area contributed by atoms with E-state index in [0.29, 0.717) is 35.9 Å². The van der Waals surface area contributed by atoms with Gasteiger partial charge in [0.05, 0.1) is 0 Å². The van der Waals surface area contributed by atoms with Crippen LogP contribution in [0, 0.1) is 0 Å². The fourth-order valence-electron chi connectivity index (χ4n) is 3.79. The minimum Gasteiger partial charge on any atom is -0.354 e. The normalized spacial score (nSPS) is 11.6. The van der Waals surface area contributed by atoms with E-state index < -0.39 is 6.04 Å². The van der Waals surface area contributed by atoms with Crippen LogP contribution in [0.3, 0.4) is 0 Å².